The highest BCUT2D eigenvalue weighted by Crippen LogP contribution is 2.29. The predicted octanol–water partition coefficient (Wildman–Crippen LogP) is 4.05. The highest BCUT2D eigenvalue weighted by molar-refractivity contribution is 5.94. The van der Waals surface area contributed by atoms with Gasteiger partial charge in [-0.1, -0.05) is 12.1 Å². The Labute approximate surface area is 162 Å². The number of carbonyl (C=O) groups excluding carboxylic acids is 1. The maximum atomic E-state index is 12.8. The van der Waals surface area contributed by atoms with Gasteiger partial charge in [0.25, 0.3) is 5.91 Å². The summed E-state index contributed by atoms with van der Waals surface area (Å²) < 4.78 is 38.4. The lowest BCUT2D eigenvalue weighted by Gasteiger charge is -2.32. The van der Waals surface area contributed by atoms with Crippen molar-refractivity contribution >= 4 is 5.91 Å². The Morgan fingerprint density at radius 3 is 2.79 bits per heavy atom. The van der Waals surface area contributed by atoms with Gasteiger partial charge in [-0.25, -0.2) is 0 Å². The Hall–Kier alpha value is -2.41. The molecule has 0 bridgehead atoms. The molecular weight excluding hydrogens is 367 g/mol. The molecule has 2 aromatic rings. The first-order valence-corrected chi connectivity index (χ1v) is 9.41. The highest BCUT2D eigenvalue weighted by atomic mass is 19.4. The number of nitrogens with one attached hydrogen (secondary N) is 1. The molecule has 7 heteroatoms. The van der Waals surface area contributed by atoms with Crippen molar-refractivity contribution in [3.63, 3.8) is 0 Å². The van der Waals surface area contributed by atoms with Gasteiger partial charge >= 0.3 is 6.18 Å². The van der Waals surface area contributed by atoms with Gasteiger partial charge in [0.1, 0.15) is 0 Å². The SMILES string of the molecule is Cc1cccc(CN2CCC[C@@H](CNC(=O)c3cccc(C(F)(F)F)c3)C2)n1. The molecule has 3 rings (SSSR count). The molecule has 1 amide bonds. The fraction of sp³-hybridized carbons (Fsp3) is 0.429. The molecule has 0 unspecified atom stereocenters. The summed E-state index contributed by atoms with van der Waals surface area (Å²) in [6, 6.07) is 10.5. The molecule has 2 heterocycles. The topological polar surface area (TPSA) is 45.2 Å². The number of halogens is 3. The molecule has 1 aliphatic heterocycles. The number of piperidine rings is 1. The van der Waals surface area contributed by atoms with Crippen LogP contribution in [0.3, 0.4) is 0 Å². The summed E-state index contributed by atoms with van der Waals surface area (Å²) >= 11 is 0. The molecule has 0 saturated carbocycles. The van der Waals surface area contributed by atoms with Gasteiger partial charge in [-0.15, -0.1) is 0 Å². The van der Waals surface area contributed by atoms with E-state index in [-0.39, 0.29) is 11.5 Å². The molecule has 1 fully saturated rings. The quantitative estimate of drug-likeness (QED) is 0.836. The Balaban J connectivity index is 1.53. The molecule has 0 radical (unpaired) electrons. The van der Waals surface area contributed by atoms with Crippen LogP contribution in [0.1, 0.15) is 40.2 Å². The first-order chi connectivity index (χ1) is 13.3. The number of hydrogen-bond acceptors (Lipinski definition) is 3. The summed E-state index contributed by atoms with van der Waals surface area (Å²) in [6.07, 6.45) is -2.44. The van der Waals surface area contributed by atoms with Crippen molar-refractivity contribution in [2.75, 3.05) is 19.6 Å². The van der Waals surface area contributed by atoms with Gasteiger partial charge < -0.3 is 5.32 Å². The highest BCUT2D eigenvalue weighted by Gasteiger charge is 2.31. The van der Waals surface area contributed by atoms with E-state index in [4.69, 9.17) is 0 Å². The second kappa shape index (κ2) is 8.73. The van der Waals surface area contributed by atoms with Crippen LogP contribution >= 0.6 is 0 Å². The number of benzene rings is 1. The van der Waals surface area contributed by atoms with Gasteiger partial charge in [-0.05, 0) is 62.6 Å². The van der Waals surface area contributed by atoms with E-state index in [1.807, 2.05) is 25.1 Å². The molecule has 1 atom stereocenters. The van der Waals surface area contributed by atoms with Gasteiger partial charge in [0, 0.05) is 30.9 Å². The Bertz CT molecular complexity index is 823. The third kappa shape index (κ3) is 5.55. The van der Waals surface area contributed by atoms with Crippen LogP contribution in [-0.2, 0) is 12.7 Å². The average Bonchev–Trinajstić information content (AvgIpc) is 2.66. The Morgan fingerprint density at radius 2 is 2.04 bits per heavy atom. The molecule has 150 valence electrons. The number of alkyl halides is 3. The lowest BCUT2D eigenvalue weighted by atomic mass is 9.97. The van der Waals surface area contributed by atoms with Crippen LogP contribution in [0, 0.1) is 12.8 Å². The fourth-order valence-corrected chi connectivity index (χ4v) is 3.55. The maximum Gasteiger partial charge on any atom is 0.416 e. The van der Waals surface area contributed by atoms with Crippen molar-refractivity contribution < 1.29 is 18.0 Å². The van der Waals surface area contributed by atoms with E-state index < -0.39 is 17.6 Å². The molecule has 1 saturated heterocycles. The monoisotopic (exact) mass is 391 g/mol. The molecule has 28 heavy (non-hydrogen) atoms. The van der Waals surface area contributed by atoms with Crippen LogP contribution < -0.4 is 5.32 Å². The number of rotatable bonds is 5. The maximum absolute atomic E-state index is 12.8. The van der Waals surface area contributed by atoms with Gasteiger partial charge in [0.2, 0.25) is 0 Å². The van der Waals surface area contributed by atoms with E-state index in [1.165, 1.54) is 12.1 Å². The number of aromatic nitrogens is 1. The van der Waals surface area contributed by atoms with Crippen LogP contribution in [-0.4, -0.2) is 35.4 Å². The summed E-state index contributed by atoms with van der Waals surface area (Å²) in [4.78, 5) is 19.1. The fourth-order valence-electron chi connectivity index (χ4n) is 3.55. The van der Waals surface area contributed by atoms with E-state index in [0.717, 1.165) is 56.0 Å². The van der Waals surface area contributed by atoms with Crippen molar-refractivity contribution in [2.24, 2.45) is 5.92 Å². The summed E-state index contributed by atoms with van der Waals surface area (Å²) in [5, 5.41) is 2.79. The molecule has 1 aromatic carbocycles. The molecule has 0 spiro atoms. The standard InChI is InChI=1S/C21H24F3N3O/c1-15-5-2-9-19(26-15)14-27-10-4-6-16(13-27)12-25-20(28)17-7-3-8-18(11-17)21(22,23)24/h2-3,5,7-9,11,16H,4,6,10,12-14H2,1H3,(H,25,28)/t16-/m0/s1. The van der Waals surface area contributed by atoms with Gasteiger partial charge in [-0.2, -0.15) is 13.2 Å². The second-order valence-electron chi connectivity index (χ2n) is 7.30. The van der Waals surface area contributed by atoms with Crippen molar-refractivity contribution in [1.82, 2.24) is 15.2 Å². The minimum absolute atomic E-state index is 0.0338. The Morgan fingerprint density at radius 1 is 1.25 bits per heavy atom. The molecule has 4 nitrogen and oxygen atoms in total. The normalized spacial score (nSPS) is 18.1. The molecular formula is C21H24F3N3O. The van der Waals surface area contributed by atoms with Gasteiger partial charge in [0.05, 0.1) is 11.3 Å². The van der Waals surface area contributed by atoms with Crippen LogP contribution in [0.5, 0.6) is 0 Å². The molecule has 1 aliphatic rings. The first kappa shape index (κ1) is 20.3. The third-order valence-corrected chi connectivity index (χ3v) is 4.94. The molecule has 1 aromatic heterocycles. The Kier molecular flexibility index (Phi) is 6.34. The summed E-state index contributed by atoms with van der Waals surface area (Å²) in [5.74, 6) is -0.197. The zero-order valence-corrected chi connectivity index (χ0v) is 15.8. The lowest BCUT2D eigenvalue weighted by molar-refractivity contribution is -0.137. The largest absolute Gasteiger partial charge is 0.416 e. The van der Waals surface area contributed by atoms with E-state index in [2.05, 4.69) is 15.2 Å². The number of carbonyl (C=O) groups is 1. The van der Waals surface area contributed by atoms with E-state index in [1.54, 1.807) is 0 Å². The lowest BCUT2D eigenvalue weighted by Crippen LogP contribution is -2.40. The van der Waals surface area contributed by atoms with Crippen molar-refractivity contribution in [3.05, 3.63) is 65.0 Å². The number of amides is 1. The summed E-state index contributed by atoms with van der Waals surface area (Å²) in [6.45, 7) is 4.99. The zero-order valence-electron chi connectivity index (χ0n) is 15.8. The van der Waals surface area contributed by atoms with Crippen LogP contribution in [0.2, 0.25) is 0 Å². The minimum Gasteiger partial charge on any atom is -0.352 e. The summed E-state index contributed by atoms with van der Waals surface area (Å²) in [7, 11) is 0. The number of aryl methyl sites for hydroxylation is 1. The number of pyridine rings is 1. The van der Waals surface area contributed by atoms with Crippen LogP contribution in [0.4, 0.5) is 13.2 Å². The molecule has 0 aliphatic carbocycles. The average molecular weight is 391 g/mol. The van der Waals surface area contributed by atoms with Gasteiger partial charge in [-0.3, -0.25) is 14.7 Å². The number of nitrogens with zero attached hydrogens (tertiary/aromatic N) is 2. The number of likely N-dealkylation sites (tertiary alicyclic amines) is 1. The smallest absolute Gasteiger partial charge is 0.352 e. The molecule has 1 N–H and O–H groups in total. The summed E-state index contributed by atoms with van der Waals surface area (Å²) in [5.41, 5.74) is 1.23. The van der Waals surface area contributed by atoms with Crippen LogP contribution in [0.15, 0.2) is 42.5 Å². The minimum atomic E-state index is -4.45. The van der Waals surface area contributed by atoms with E-state index in [9.17, 15) is 18.0 Å². The first-order valence-electron chi connectivity index (χ1n) is 9.41. The van der Waals surface area contributed by atoms with E-state index in [0.29, 0.717) is 6.54 Å². The van der Waals surface area contributed by atoms with Crippen molar-refractivity contribution in [1.29, 1.82) is 0 Å². The van der Waals surface area contributed by atoms with Gasteiger partial charge in [0.15, 0.2) is 0 Å². The third-order valence-electron chi connectivity index (χ3n) is 4.94. The van der Waals surface area contributed by atoms with Crippen LogP contribution in [0.25, 0.3) is 0 Å². The van der Waals surface area contributed by atoms with Crippen molar-refractivity contribution in [2.45, 2.75) is 32.5 Å². The second-order valence-corrected chi connectivity index (χ2v) is 7.30. The van der Waals surface area contributed by atoms with Crippen molar-refractivity contribution in [3.8, 4) is 0 Å². The van der Waals surface area contributed by atoms with E-state index >= 15 is 0 Å². The predicted molar refractivity (Wildman–Crippen MR) is 101 cm³/mol. The zero-order chi connectivity index (χ0) is 20.1. The number of hydrogen-bond donors (Lipinski definition) is 1.